The van der Waals surface area contributed by atoms with Crippen molar-refractivity contribution < 1.29 is 52.1 Å². The second-order valence-corrected chi connectivity index (χ2v) is 11.0. The molecule has 0 radical (unpaired) electrons. The highest BCUT2D eigenvalue weighted by Crippen LogP contribution is 2.54. The summed E-state index contributed by atoms with van der Waals surface area (Å²) >= 11 is 0. The van der Waals surface area contributed by atoms with Crippen molar-refractivity contribution in [1.29, 1.82) is 0 Å². The van der Waals surface area contributed by atoms with Crippen molar-refractivity contribution in [2.75, 3.05) is 20.3 Å². The monoisotopic (exact) mass is 583 g/mol. The van der Waals surface area contributed by atoms with Crippen LogP contribution in [0.25, 0.3) is 0 Å². The number of unbranched alkanes of at least 4 members (excludes halogenated alkanes) is 1. The predicted molar refractivity (Wildman–Crippen MR) is 143 cm³/mol. The molecule has 39 heavy (non-hydrogen) atoms. The maximum atomic E-state index is 14.0. The van der Waals surface area contributed by atoms with E-state index < -0.39 is 62.4 Å². The number of carboxylic acid groups (broad SMARTS) is 1. The van der Waals surface area contributed by atoms with Gasteiger partial charge in [0.1, 0.15) is 6.04 Å². The third-order valence-electron chi connectivity index (χ3n) is 5.01. The quantitative estimate of drug-likeness (QED) is 0.0713. The molecule has 0 heterocycles. The van der Waals surface area contributed by atoms with Crippen molar-refractivity contribution in [1.82, 2.24) is 4.90 Å². The molecule has 0 spiro atoms. The number of ether oxygens (including phenoxy) is 4. The lowest BCUT2D eigenvalue weighted by atomic mass is 10.1. The summed E-state index contributed by atoms with van der Waals surface area (Å²) in [6.07, 6.45) is -2.43. The van der Waals surface area contributed by atoms with E-state index in [-0.39, 0.29) is 19.6 Å². The number of guanidine groups is 1. The van der Waals surface area contributed by atoms with Crippen LogP contribution in [-0.4, -0.2) is 73.1 Å². The van der Waals surface area contributed by atoms with Crippen LogP contribution in [0.4, 0.5) is 9.59 Å². The average molecular weight is 584 g/mol. The van der Waals surface area contributed by atoms with Gasteiger partial charge in [-0.05, 0) is 19.3 Å². The first-order valence-corrected chi connectivity index (χ1v) is 14.7. The first-order chi connectivity index (χ1) is 18.2. The number of carboxylic acids is 1. The largest absolute Gasteiger partial charge is 0.510 e. The summed E-state index contributed by atoms with van der Waals surface area (Å²) in [5.74, 6) is -2.76. The lowest BCUT2D eigenvalue weighted by Crippen LogP contribution is -2.46. The third kappa shape index (κ3) is 14.4. The molecule has 3 N–H and O–H groups in total. The van der Waals surface area contributed by atoms with Crippen LogP contribution in [-0.2, 0) is 37.4 Å². The molecule has 3 atom stereocenters. The first kappa shape index (κ1) is 36.4. The number of rotatable bonds is 18. The summed E-state index contributed by atoms with van der Waals surface area (Å²) < 4.78 is 49.3. The van der Waals surface area contributed by atoms with Crippen LogP contribution >= 0.6 is 7.75 Å². The molecule has 228 valence electrons. The first-order valence-electron chi connectivity index (χ1n) is 13.2. The molecular weight excluding hydrogens is 537 g/mol. The second kappa shape index (κ2) is 18.7. The minimum atomic E-state index is -4.75. The highest BCUT2D eigenvalue weighted by atomic mass is 31.2. The number of likely N-dealkylation sites (N-methyl/N-ethyl adjacent to an activating group) is 1. The Balaban J connectivity index is 6.34. The van der Waals surface area contributed by atoms with Crippen molar-refractivity contribution in [2.45, 2.75) is 99.2 Å². The maximum Gasteiger partial charge on any atom is 0.510 e. The molecule has 0 aliphatic carbocycles. The molecule has 0 rings (SSSR count). The SMILES string of the molecule is CCCCC(C(=O)O)N(C)C(N)=NP(=O)(OC(OC(=O)OCCC)C(C)C)OC(OC(=O)OCCC)C(C)C. The molecule has 0 aromatic heterocycles. The van der Waals surface area contributed by atoms with Crippen LogP contribution in [0.15, 0.2) is 4.76 Å². The molecule has 0 saturated carbocycles. The Hall–Kier alpha value is -2.57. The van der Waals surface area contributed by atoms with Gasteiger partial charge in [-0.25, -0.2) is 28.0 Å². The molecule has 15 heteroatoms. The highest BCUT2D eigenvalue weighted by Gasteiger charge is 2.39. The summed E-state index contributed by atoms with van der Waals surface area (Å²) in [5, 5.41) is 9.67. The van der Waals surface area contributed by atoms with E-state index in [1.807, 2.05) is 6.92 Å². The third-order valence-corrected chi connectivity index (χ3v) is 6.40. The molecule has 14 nitrogen and oxygen atoms in total. The van der Waals surface area contributed by atoms with E-state index in [0.29, 0.717) is 19.3 Å². The van der Waals surface area contributed by atoms with Crippen LogP contribution < -0.4 is 5.73 Å². The van der Waals surface area contributed by atoms with Gasteiger partial charge < -0.3 is 34.7 Å². The zero-order chi connectivity index (χ0) is 30.2. The van der Waals surface area contributed by atoms with Crippen LogP contribution in [0.5, 0.6) is 0 Å². The standard InChI is InChI=1S/C24H46N3O11P/c1-9-12-13-18(19(28)29)27(8)22(25)26-39(32,37-20(16(4)5)35-23(30)33-14-10-2)38-21(17(6)7)36-24(31)34-15-11-3/h16-18,20-21H,9-15H2,1-8H3,(H,28,29)(H2,25,26,32). The van der Waals surface area contributed by atoms with Crippen LogP contribution in [0, 0.1) is 11.8 Å². The summed E-state index contributed by atoms with van der Waals surface area (Å²) in [5.41, 5.74) is 6.07. The lowest BCUT2D eigenvalue weighted by Gasteiger charge is -2.30. The van der Waals surface area contributed by atoms with Gasteiger partial charge in [0.25, 0.3) is 0 Å². The number of carbonyl (C=O) groups is 3. The van der Waals surface area contributed by atoms with Gasteiger partial charge in [0.15, 0.2) is 0 Å². The molecule has 0 aliphatic heterocycles. The van der Waals surface area contributed by atoms with E-state index in [1.165, 1.54) is 7.05 Å². The normalized spacial score (nSPS) is 15.7. The zero-order valence-corrected chi connectivity index (χ0v) is 25.2. The number of carbonyl (C=O) groups excluding carboxylic acids is 2. The Morgan fingerprint density at radius 1 is 0.872 bits per heavy atom. The van der Waals surface area contributed by atoms with Gasteiger partial charge in [-0.3, -0.25) is 0 Å². The topological polar surface area (TPSA) is 186 Å². The van der Waals surface area contributed by atoms with Gasteiger partial charge >= 0.3 is 26.0 Å². The second-order valence-electron chi connectivity index (χ2n) is 9.40. The summed E-state index contributed by atoms with van der Waals surface area (Å²) in [6, 6.07) is -1.08. The molecular formula is C24H46N3O11P. The van der Waals surface area contributed by atoms with Crippen LogP contribution in [0.1, 0.15) is 80.6 Å². The van der Waals surface area contributed by atoms with Crippen molar-refractivity contribution >= 4 is 32.0 Å². The van der Waals surface area contributed by atoms with E-state index in [2.05, 4.69) is 4.76 Å². The molecule has 0 fully saturated rings. The van der Waals surface area contributed by atoms with Gasteiger partial charge in [0.05, 0.1) is 13.2 Å². The Kier molecular flexibility index (Phi) is 17.4. The number of aliphatic carboxylic acids is 1. The van der Waals surface area contributed by atoms with E-state index in [1.54, 1.807) is 41.5 Å². The Morgan fingerprint density at radius 2 is 1.31 bits per heavy atom. The van der Waals surface area contributed by atoms with Crippen molar-refractivity contribution in [2.24, 2.45) is 22.3 Å². The fourth-order valence-electron chi connectivity index (χ4n) is 2.76. The molecule has 0 amide bonds. The minimum absolute atomic E-state index is 0.0885. The van der Waals surface area contributed by atoms with E-state index in [0.717, 1.165) is 11.3 Å². The molecule has 0 aromatic rings. The minimum Gasteiger partial charge on any atom is -0.480 e. The van der Waals surface area contributed by atoms with Crippen LogP contribution in [0.3, 0.4) is 0 Å². The Labute approximate surface area is 231 Å². The van der Waals surface area contributed by atoms with E-state index in [4.69, 9.17) is 33.7 Å². The molecule has 0 saturated heterocycles. The summed E-state index contributed by atoms with van der Waals surface area (Å²) in [7, 11) is -3.38. The molecule has 0 bridgehead atoms. The highest BCUT2D eigenvalue weighted by molar-refractivity contribution is 7.52. The zero-order valence-electron chi connectivity index (χ0n) is 24.3. The number of hydrogen-bond donors (Lipinski definition) is 2. The van der Waals surface area contributed by atoms with Gasteiger partial charge in [-0.15, -0.1) is 4.76 Å². The fourth-order valence-corrected chi connectivity index (χ4v) is 4.39. The maximum absolute atomic E-state index is 14.0. The smallest absolute Gasteiger partial charge is 0.480 e. The van der Waals surface area contributed by atoms with Gasteiger partial charge in [-0.1, -0.05) is 61.3 Å². The molecule has 3 unspecified atom stereocenters. The average Bonchev–Trinajstić information content (AvgIpc) is 2.84. The van der Waals surface area contributed by atoms with Gasteiger partial charge in [0.2, 0.25) is 18.5 Å². The van der Waals surface area contributed by atoms with E-state index in [9.17, 15) is 24.1 Å². The van der Waals surface area contributed by atoms with Crippen molar-refractivity contribution in [3.63, 3.8) is 0 Å². The van der Waals surface area contributed by atoms with Gasteiger partial charge in [0, 0.05) is 18.9 Å². The summed E-state index contributed by atoms with van der Waals surface area (Å²) in [6.45, 7) is 12.1. The van der Waals surface area contributed by atoms with Crippen molar-refractivity contribution in [3.8, 4) is 0 Å². The predicted octanol–water partition coefficient (Wildman–Crippen LogP) is 5.11. The Morgan fingerprint density at radius 3 is 1.64 bits per heavy atom. The van der Waals surface area contributed by atoms with Gasteiger partial charge in [-0.2, -0.15) is 0 Å². The Bertz CT molecular complexity index is 798. The molecule has 0 aliphatic rings. The molecule has 0 aromatic carbocycles. The van der Waals surface area contributed by atoms with Crippen molar-refractivity contribution in [3.05, 3.63) is 0 Å². The fraction of sp³-hybridized carbons (Fsp3) is 0.833. The van der Waals surface area contributed by atoms with Crippen LogP contribution in [0.2, 0.25) is 0 Å². The van der Waals surface area contributed by atoms with E-state index >= 15 is 0 Å². The number of nitrogens with zero attached hydrogens (tertiary/aromatic N) is 2. The number of hydrogen-bond acceptors (Lipinski definition) is 10. The lowest BCUT2D eigenvalue weighted by molar-refractivity contribution is -0.141. The number of nitrogens with two attached hydrogens (primary N) is 1. The summed E-state index contributed by atoms with van der Waals surface area (Å²) in [4.78, 5) is 37.2.